The van der Waals surface area contributed by atoms with Crippen LogP contribution in [0.15, 0.2) is 30.3 Å². The Morgan fingerprint density at radius 1 is 1.06 bits per heavy atom. The third-order valence-electron chi connectivity index (χ3n) is 1.47. The first-order valence-corrected chi connectivity index (χ1v) is 4.49. The number of hydrogen-bond donors (Lipinski definition) is 3. The SMILES string of the molecule is N=C=O.N=C=O.OCCCc1ccccc1. The first kappa shape index (κ1) is 16.4. The molecule has 0 aliphatic heterocycles. The van der Waals surface area contributed by atoms with Gasteiger partial charge in [-0.05, 0) is 18.4 Å². The molecule has 86 valence electrons. The van der Waals surface area contributed by atoms with E-state index in [0.717, 1.165) is 25.0 Å². The predicted molar refractivity (Wildman–Crippen MR) is 58.7 cm³/mol. The van der Waals surface area contributed by atoms with Gasteiger partial charge in [0.15, 0.2) is 0 Å². The minimum atomic E-state index is 0.287. The third kappa shape index (κ3) is 14.5. The molecule has 0 aliphatic carbocycles. The van der Waals surface area contributed by atoms with Crippen LogP contribution in [0.4, 0.5) is 0 Å². The van der Waals surface area contributed by atoms with E-state index >= 15 is 0 Å². The highest BCUT2D eigenvalue weighted by molar-refractivity contribution is 5.26. The van der Waals surface area contributed by atoms with E-state index in [2.05, 4.69) is 12.1 Å². The lowest BCUT2D eigenvalue weighted by atomic mass is 10.1. The number of isocyanates is 2. The van der Waals surface area contributed by atoms with Crippen molar-refractivity contribution in [1.29, 1.82) is 10.8 Å². The van der Waals surface area contributed by atoms with Crippen LogP contribution in [0.5, 0.6) is 0 Å². The van der Waals surface area contributed by atoms with Crippen molar-refractivity contribution in [3.8, 4) is 0 Å². The van der Waals surface area contributed by atoms with Crippen molar-refractivity contribution in [3.63, 3.8) is 0 Å². The lowest BCUT2D eigenvalue weighted by Gasteiger charge is -1.96. The zero-order chi connectivity index (χ0) is 12.6. The molecule has 5 heteroatoms. The Kier molecular flexibility index (Phi) is 15.8. The summed E-state index contributed by atoms with van der Waals surface area (Å²) in [5.74, 6) is 0. The molecule has 0 atom stereocenters. The molecule has 0 unspecified atom stereocenters. The maximum atomic E-state index is 8.53. The van der Waals surface area contributed by atoms with Crippen molar-refractivity contribution in [3.05, 3.63) is 35.9 Å². The van der Waals surface area contributed by atoms with Gasteiger partial charge in [-0.15, -0.1) is 0 Å². The first-order chi connectivity index (χ1) is 7.76. The summed E-state index contributed by atoms with van der Waals surface area (Å²) in [5, 5.41) is 19.3. The summed E-state index contributed by atoms with van der Waals surface area (Å²) in [5.41, 5.74) is 1.30. The number of aliphatic hydroxyl groups excluding tert-OH is 1. The number of carbonyl (C=O) groups excluding carboxylic acids is 2. The van der Waals surface area contributed by atoms with Crippen molar-refractivity contribution in [2.24, 2.45) is 0 Å². The number of nitrogens with one attached hydrogen (secondary N) is 2. The van der Waals surface area contributed by atoms with Gasteiger partial charge in [-0.2, -0.15) is 0 Å². The molecule has 0 bridgehead atoms. The number of benzene rings is 1. The molecule has 0 heterocycles. The van der Waals surface area contributed by atoms with Crippen LogP contribution in [0.3, 0.4) is 0 Å². The molecule has 1 aromatic rings. The monoisotopic (exact) mass is 222 g/mol. The van der Waals surface area contributed by atoms with Gasteiger partial charge in [0.2, 0.25) is 12.2 Å². The Morgan fingerprint density at radius 2 is 1.50 bits per heavy atom. The topological polar surface area (TPSA) is 102 Å². The number of aryl methyl sites for hydroxylation is 1. The molecule has 5 nitrogen and oxygen atoms in total. The highest BCUT2D eigenvalue weighted by Crippen LogP contribution is 2.00. The summed E-state index contributed by atoms with van der Waals surface area (Å²) < 4.78 is 0. The summed E-state index contributed by atoms with van der Waals surface area (Å²) in [6.45, 7) is 0.287. The third-order valence-corrected chi connectivity index (χ3v) is 1.47. The Labute approximate surface area is 93.8 Å². The molecule has 0 fully saturated rings. The minimum Gasteiger partial charge on any atom is -0.396 e. The van der Waals surface area contributed by atoms with Crippen LogP contribution in [0.25, 0.3) is 0 Å². The molecular weight excluding hydrogens is 208 g/mol. The van der Waals surface area contributed by atoms with Crippen molar-refractivity contribution in [2.75, 3.05) is 6.61 Å². The predicted octanol–water partition coefficient (Wildman–Crippen LogP) is 1.41. The van der Waals surface area contributed by atoms with Gasteiger partial charge in [-0.25, -0.2) is 20.4 Å². The zero-order valence-electron chi connectivity index (χ0n) is 8.77. The number of hydrogen-bond acceptors (Lipinski definition) is 5. The minimum absolute atomic E-state index is 0.287. The fourth-order valence-electron chi connectivity index (χ4n) is 0.928. The van der Waals surface area contributed by atoms with Gasteiger partial charge < -0.3 is 5.11 Å². The first-order valence-electron chi connectivity index (χ1n) is 4.49. The van der Waals surface area contributed by atoms with E-state index in [-0.39, 0.29) is 6.61 Å². The Balaban J connectivity index is 0. The van der Waals surface area contributed by atoms with Crippen LogP contribution < -0.4 is 0 Å². The molecule has 0 aromatic heterocycles. The lowest BCUT2D eigenvalue weighted by Crippen LogP contribution is -1.87. The van der Waals surface area contributed by atoms with Crippen LogP contribution in [0.1, 0.15) is 12.0 Å². The summed E-state index contributed by atoms with van der Waals surface area (Å²) in [6, 6.07) is 10.2. The van der Waals surface area contributed by atoms with Crippen molar-refractivity contribution in [2.45, 2.75) is 12.8 Å². The maximum absolute atomic E-state index is 8.53. The lowest BCUT2D eigenvalue weighted by molar-refractivity contribution is 0.288. The van der Waals surface area contributed by atoms with Gasteiger partial charge in [0.05, 0.1) is 0 Å². The van der Waals surface area contributed by atoms with E-state index in [9.17, 15) is 0 Å². The van der Waals surface area contributed by atoms with Gasteiger partial charge >= 0.3 is 0 Å². The highest BCUT2D eigenvalue weighted by Gasteiger charge is 1.87. The zero-order valence-corrected chi connectivity index (χ0v) is 8.77. The smallest absolute Gasteiger partial charge is 0.231 e. The van der Waals surface area contributed by atoms with Crippen LogP contribution in [0.2, 0.25) is 0 Å². The quantitative estimate of drug-likeness (QED) is 0.532. The molecule has 0 amide bonds. The van der Waals surface area contributed by atoms with Crippen LogP contribution >= 0.6 is 0 Å². The van der Waals surface area contributed by atoms with Crippen molar-refractivity contribution < 1.29 is 14.7 Å². The molecular formula is C11H14N2O3. The second-order valence-corrected chi connectivity index (χ2v) is 2.52. The van der Waals surface area contributed by atoms with Crippen molar-refractivity contribution in [1.82, 2.24) is 0 Å². The Morgan fingerprint density at radius 3 is 1.88 bits per heavy atom. The van der Waals surface area contributed by atoms with Crippen LogP contribution in [-0.4, -0.2) is 23.9 Å². The highest BCUT2D eigenvalue weighted by atomic mass is 16.2. The van der Waals surface area contributed by atoms with Crippen molar-refractivity contribution >= 4 is 12.2 Å². The van der Waals surface area contributed by atoms with Crippen LogP contribution in [0, 0.1) is 10.8 Å². The Hall–Kier alpha value is -2.06. The second kappa shape index (κ2) is 15.4. The molecule has 0 saturated heterocycles. The van der Waals surface area contributed by atoms with E-state index in [1.54, 1.807) is 0 Å². The largest absolute Gasteiger partial charge is 0.396 e. The molecule has 0 saturated carbocycles. The summed E-state index contributed by atoms with van der Waals surface area (Å²) in [4.78, 5) is 16.7. The average molecular weight is 222 g/mol. The number of rotatable bonds is 3. The van der Waals surface area contributed by atoms with E-state index in [0.29, 0.717) is 0 Å². The fourth-order valence-corrected chi connectivity index (χ4v) is 0.928. The van der Waals surface area contributed by atoms with Gasteiger partial charge in [-0.1, -0.05) is 30.3 Å². The average Bonchev–Trinajstić information content (AvgIpc) is 2.30. The van der Waals surface area contributed by atoms with E-state index in [4.69, 9.17) is 25.5 Å². The fraction of sp³-hybridized carbons (Fsp3) is 0.273. The van der Waals surface area contributed by atoms with E-state index in [1.807, 2.05) is 18.2 Å². The normalized spacial score (nSPS) is 7.06. The Bertz CT molecular complexity index is 301. The summed E-state index contributed by atoms with van der Waals surface area (Å²) in [6.07, 6.45) is 3.35. The standard InChI is InChI=1S/C9H12O.2CHNO/c10-8-4-7-9-5-2-1-3-6-9;2*2-1-3/h1-3,5-6,10H,4,7-8H2;2*2H. The second-order valence-electron chi connectivity index (χ2n) is 2.52. The maximum Gasteiger partial charge on any atom is 0.231 e. The van der Waals surface area contributed by atoms with Gasteiger partial charge in [0, 0.05) is 6.61 Å². The molecule has 0 spiro atoms. The van der Waals surface area contributed by atoms with E-state index < -0.39 is 0 Å². The summed E-state index contributed by atoms with van der Waals surface area (Å²) >= 11 is 0. The molecule has 3 N–H and O–H groups in total. The van der Waals surface area contributed by atoms with Crippen LogP contribution in [-0.2, 0) is 16.0 Å². The molecule has 1 aromatic carbocycles. The molecule has 1 rings (SSSR count). The molecule has 0 aliphatic rings. The summed E-state index contributed by atoms with van der Waals surface area (Å²) in [7, 11) is 0. The van der Waals surface area contributed by atoms with E-state index in [1.165, 1.54) is 5.56 Å². The molecule has 0 radical (unpaired) electrons. The van der Waals surface area contributed by atoms with Gasteiger partial charge in [-0.3, -0.25) is 0 Å². The molecule has 16 heavy (non-hydrogen) atoms. The van der Waals surface area contributed by atoms with Gasteiger partial charge in [0.1, 0.15) is 0 Å². The van der Waals surface area contributed by atoms with Gasteiger partial charge in [0.25, 0.3) is 0 Å². The number of aliphatic hydroxyl groups is 1.